The van der Waals surface area contributed by atoms with E-state index >= 15 is 0 Å². The fourth-order valence-corrected chi connectivity index (χ4v) is 5.78. The molecule has 0 aromatic carbocycles. The third-order valence-corrected chi connectivity index (χ3v) is 7.36. The number of hydrogen-bond donors (Lipinski definition) is 3. The minimum Gasteiger partial charge on any atom is -0.477 e. The number of carboxylic acids is 1. The van der Waals surface area contributed by atoms with Crippen LogP contribution in [0.4, 0.5) is 5.13 Å². The van der Waals surface area contributed by atoms with Gasteiger partial charge in [0.2, 0.25) is 11.5 Å². The number of pyridine rings is 1. The molecule has 13 nitrogen and oxygen atoms in total. The Morgan fingerprint density at radius 2 is 2.22 bits per heavy atom. The molecule has 2 amide bonds. The van der Waals surface area contributed by atoms with Crippen LogP contribution in [0.5, 0.6) is 0 Å². The van der Waals surface area contributed by atoms with Gasteiger partial charge in [-0.15, -0.1) is 11.8 Å². The van der Waals surface area contributed by atoms with Crippen molar-refractivity contribution in [3.8, 4) is 0 Å². The average Bonchev–Trinajstić information content (AvgIpc) is 3.27. The van der Waals surface area contributed by atoms with Crippen LogP contribution in [0.1, 0.15) is 18.3 Å². The largest absolute Gasteiger partial charge is 0.477 e. The predicted octanol–water partition coefficient (Wildman–Crippen LogP) is -0.351. The lowest BCUT2D eigenvalue weighted by atomic mass is 10.0. The number of anilines is 1. The van der Waals surface area contributed by atoms with E-state index < -0.39 is 29.2 Å². The molecule has 1 fully saturated rings. The second-order valence-electron chi connectivity index (χ2n) is 8.55. The number of nitrogens with two attached hydrogens (primary N) is 1. The van der Waals surface area contributed by atoms with E-state index in [1.165, 1.54) is 16.7 Å². The number of aromatic nitrogens is 3. The summed E-state index contributed by atoms with van der Waals surface area (Å²) in [5, 5.41) is 16.0. The van der Waals surface area contributed by atoms with Crippen molar-refractivity contribution in [3.05, 3.63) is 47.2 Å². The van der Waals surface area contributed by atoms with Crippen LogP contribution in [-0.4, -0.2) is 85.6 Å². The van der Waals surface area contributed by atoms with Gasteiger partial charge in [-0.05, 0) is 27.1 Å². The van der Waals surface area contributed by atoms with E-state index in [1.54, 1.807) is 6.92 Å². The number of oxime groups is 1. The fraction of sp³-hybridized carbons (Fsp3) is 0.409. The zero-order valence-corrected chi connectivity index (χ0v) is 22.1. The molecule has 0 saturated carbocycles. The van der Waals surface area contributed by atoms with E-state index in [1.807, 2.05) is 48.1 Å². The van der Waals surface area contributed by atoms with Gasteiger partial charge in [0.1, 0.15) is 23.7 Å². The minimum atomic E-state index is -1.19. The summed E-state index contributed by atoms with van der Waals surface area (Å²) in [6, 6.07) is 2.97. The van der Waals surface area contributed by atoms with Crippen LogP contribution in [0.3, 0.4) is 0 Å². The van der Waals surface area contributed by atoms with Gasteiger partial charge in [0, 0.05) is 41.0 Å². The second-order valence-corrected chi connectivity index (χ2v) is 10.4. The quantitative estimate of drug-likeness (QED) is 0.155. The van der Waals surface area contributed by atoms with Gasteiger partial charge in [0.05, 0.1) is 0 Å². The maximum absolute atomic E-state index is 13.1. The van der Waals surface area contributed by atoms with E-state index in [0.717, 1.165) is 23.6 Å². The maximum Gasteiger partial charge on any atom is 0.352 e. The third-order valence-electron chi connectivity index (χ3n) is 5.48. The number of thioether (sulfide) groups is 1. The molecule has 2 aromatic heterocycles. The number of carbonyl (C=O) groups is 3. The van der Waals surface area contributed by atoms with E-state index in [2.05, 4.69) is 19.8 Å². The highest BCUT2D eigenvalue weighted by Gasteiger charge is 2.54. The predicted molar refractivity (Wildman–Crippen MR) is 136 cm³/mol. The molecule has 0 bridgehead atoms. The Morgan fingerprint density at radius 3 is 2.86 bits per heavy atom. The molecule has 2 aliphatic heterocycles. The number of carboxylic acid groups (broad SMARTS) is 1. The Labute approximate surface area is 221 Å². The molecular formula is C22H27N8O5S2+. The molecule has 1 unspecified atom stereocenters. The Balaban J connectivity index is 1.52. The summed E-state index contributed by atoms with van der Waals surface area (Å²) in [4.78, 5) is 50.5. The Hall–Kier alpha value is -3.56. The Kier molecular flexibility index (Phi) is 8.04. The molecule has 4 N–H and O–H groups in total. The molecule has 0 spiro atoms. The Bertz CT molecular complexity index is 1280. The van der Waals surface area contributed by atoms with E-state index in [0.29, 0.717) is 17.9 Å². The van der Waals surface area contributed by atoms with Crippen molar-refractivity contribution < 1.29 is 28.9 Å². The molecule has 0 radical (unpaired) electrons. The summed E-state index contributed by atoms with van der Waals surface area (Å²) in [5.74, 6) is -2.06. The van der Waals surface area contributed by atoms with Crippen LogP contribution in [0.15, 0.2) is 41.0 Å². The van der Waals surface area contributed by atoms with Crippen molar-refractivity contribution >= 4 is 51.9 Å². The highest BCUT2D eigenvalue weighted by atomic mass is 32.2. The van der Waals surface area contributed by atoms with E-state index in [-0.39, 0.29) is 29.0 Å². The van der Waals surface area contributed by atoms with Crippen molar-refractivity contribution in [1.29, 1.82) is 0 Å². The highest BCUT2D eigenvalue weighted by molar-refractivity contribution is 8.00. The molecule has 37 heavy (non-hydrogen) atoms. The molecule has 2 atom stereocenters. The lowest BCUT2D eigenvalue weighted by Crippen LogP contribution is -2.71. The first-order chi connectivity index (χ1) is 17.7. The van der Waals surface area contributed by atoms with Gasteiger partial charge in [0.25, 0.3) is 11.8 Å². The van der Waals surface area contributed by atoms with Gasteiger partial charge in [0.15, 0.2) is 24.1 Å². The first-order valence-electron chi connectivity index (χ1n) is 11.3. The normalized spacial score (nSPS) is 19.5. The number of aliphatic carboxylic acids is 1. The summed E-state index contributed by atoms with van der Waals surface area (Å²) < 4.78 is 5.90. The average molecular weight is 548 g/mol. The number of rotatable bonds is 10. The summed E-state index contributed by atoms with van der Waals surface area (Å²) in [6.45, 7) is 2.97. The van der Waals surface area contributed by atoms with Crippen LogP contribution >= 0.6 is 23.3 Å². The van der Waals surface area contributed by atoms with Gasteiger partial charge in [-0.2, -0.15) is 9.36 Å². The molecule has 2 aliphatic rings. The molecule has 196 valence electrons. The van der Waals surface area contributed by atoms with Crippen molar-refractivity contribution in [2.24, 2.45) is 5.16 Å². The van der Waals surface area contributed by atoms with E-state index in [4.69, 9.17) is 10.6 Å². The topological polar surface area (TPSA) is 167 Å². The van der Waals surface area contributed by atoms with Crippen molar-refractivity contribution in [3.63, 3.8) is 0 Å². The van der Waals surface area contributed by atoms with Gasteiger partial charge >= 0.3 is 5.97 Å². The fourth-order valence-electron chi connectivity index (χ4n) is 4.01. The number of nitrogen functional groups attached to an aromatic ring is 1. The minimum absolute atomic E-state index is 0.0182. The number of fused-ring (bicyclic) bond motifs is 1. The van der Waals surface area contributed by atoms with Crippen LogP contribution in [0, 0.1) is 0 Å². The number of β-lactam (4-membered cyclic amide) rings is 1. The smallest absolute Gasteiger partial charge is 0.352 e. The van der Waals surface area contributed by atoms with Crippen molar-refractivity contribution in [1.82, 2.24) is 24.5 Å². The lowest BCUT2D eigenvalue weighted by Gasteiger charge is -2.49. The lowest BCUT2D eigenvalue weighted by molar-refractivity contribution is -0.689. The van der Waals surface area contributed by atoms with Crippen molar-refractivity contribution in [2.75, 3.05) is 32.2 Å². The van der Waals surface area contributed by atoms with Crippen molar-refractivity contribution in [2.45, 2.75) is 31.4 Å². The van der Waals surface area contributed by atoms with Crippen LogP contribution in [0.2, 0.25) is 0 Å². The summed E-state index contributed by atoms with van der Waals surface area (Å²) >= 11 is 2.28. The number of carbonyl (C=O) groups excluding carboxylic acids is 2. The standard InChI is InChI=1S/C22H26N8O5S2/c1-4-35-26-14(17-25-22(23)37-27-17)18(31)24-15-19(32)30-16(21(33)34)13(11-36-20(15)30)10-29-7-5-6-12(9-29)8-28(2)3/h5-7,9,15,20H,4,8,10-11H2,1-3H3,(H3-,23,24,25,27,31,33,34)/p+1/t15?,20-/m0/s1. The highest BCUT2D eigenvalue weighted by Crippen LogP contribution is 2.40. The van der Waals surface area contributed by atoms with Crippen LogP contribution in [-0.2, 0) is 32.3 Å². The number of hydrogen-bond acceptors (Lipinski definition) is 11. The van der Waals surface area contributed by atoms with E-state index in [9.17, 15) is 19.5 Å². The maximum atomic E-state index is 13.1. The third kappa shape index (κ3) is 5.73. The molecule has 2 aromatic rings. The monoisotopic (exact) mass is 547 g/mol. The number of amides is 2. The number of nitrogens with zero attached hydrogens (tertiary/aromatic N) is 6. The van der Waals surface area contributed by atoms with Crippen LogP contribution in [0.25, 0.3) is 0 Å². The van der Waals surface area contributed by atoms with Gasteiger partial charge < -0.3 is 25.9 Å². The summed E-state index contributed by atoms with van der Waals surface area (Å²) in [7, 11) is 3.94. The Morgan fingerprint density at radius 1 is 1.43 bits per heavy atom. The molecule has 15 heteroatoms. The zero-order chi connectivity index (χ0) is 26.7. The zero-order valence-electron chi connectivity index (χ0n) is 20.4. The SMILES string of the molecule is CCON=C(C(=O)NC1C(=O)N2C(C(=O)O)=C(C[n+]3cccc(CN(C)C)c3)CS[C@@H]12)c1nsc(N)n1. The second kappa shape index (κ2) is 11.2. The molecule has 1 saturated heterocycles. The molecule has 4 rings (SSSR count). The summed E-state index contributed by atoms with van der Waals surface area (Å²) in [6.07, 6.45) is 3.82. The first-order valence-corrected chi connectivity index (χ1v) is 13.1. The van der Waals surface area contributed by atoms with Gasteiger partial charge in [-0.1, -0.05) is 5.16 Å². The first kappa shape index (κ1) is 26.5. The van der Waals surface area contributed by atoms with Gasteiger partial charge in [-0.25, -0.2) is 9.36 Å². The molecule has 4 heterocycles. The summed E-state index contributed by atoms with van der Waals surface area (Å²) in [5.41, 5.74) is 7.04. The number of nitrogens with one attached hydrogen (secondary N) is 1. The molecule has 0 aliphatic carbocycles. The molecular weight excluding hydrogens is 520 g/mol. The van der Waals surface area contributed by atoms with Crippen LogP contribution < -0.4 is 15.6 Å². The van der Waals surface area contributed by atoms with Gasteiger partial charge in [-0.3, -0.25) is 14.5 Å².